The molecule has 0 saturated carbocycles. The molecular weight excluding hydrogens is 478 g/mol. The van der Waals surface area contributed by atoms with E-state index in [2.05, 4.69) is 52.2 Å². The van der Waals surface area contributed by atoms with E-state index in [-0.39, 0.29) is 36.2 Å². The second kappa shape index (κ2) is 16.9. The maximum absolute atomic E-state index is 11.9. The van der Waals surface area contributed by atoms with Gasteiger partial charge in [-0.15, -0.1) is 0 Å². The Morgan fingerprint density at radius 1 is 1.03 bits per heavy atom. The molecule has 0 aromatic heterocycles. The van der Waals surface area contributed by atoms with Gasteiger partial charge in [-0.25, -0.2) is 5.32 Å². The van der Waals surface area contributed by atoms with E-state index >= 15 is 0 Å². The molecule has 216 valence electrons. The molecular formula is C30H53N5O3. The number of benzene rings is 1. The third-order valence-electron chi connectivity index (χ3n) is 7.19. The highest BCUT2D eigenvalue weighted by Gasteiger charge is 2.30. The molecule has 6 unspecified atom stereocenters. The second-order valence-electron chi connectivity index (χ2n) is 10.9. The van der Waals surface area contributed by atoms with Gasteiger partial charge in [0.05, 0.1) is 24.3 Å². The predicted octanol–water partition coefficient (Wildman–Crippen LogP) is 4.47. The van der Waals surface area contributed by atoms with Crippen molar-refractivity contribution in [2.24, 2.45) is 10.9 Å². The molecule has 1 heterocycles. The number of aryl methyl sites for hydroxylation is 1. The van der Waals surface area contributed by atoms with Gasteiger partial charge in [0.1, 0.15) is 5.75 Å². The number of rotatable bonds is 18. The van der Waals surface area contributed by atoms with Crippen LogP contribution in [0.1, 0.15) is 98.5 Å². The average Bonchev–Trinajstić information content (AvgIpc) is 3.05. The van der Waals surface area contributed by atoms with Gasteiger partial charge in [0.2, 0.25) is 5.91 Å². The minimum atomic E-state index is -1.50. The zero-order chi connectivity index (χ0) is 28.0. The summed E-state index contributed by atoms with van der Waals surface area (Å²) in [5.41, 5.74) is 1.30. The van der Waals surface area contributed by atoms with E-state index in [9.17, 15) is 9.90 Å². The smallest absolute Gasteiger partial charge is 0.268 e. The van der Waals surface area contributed by atoms with Crippen LogP contribution in [0.25, 0.3) is 0 Å². The first-order valence-corrected chi connectivity index (χ1v) is 14.8. The molecule has 1 amide bonds. The van der Waals surface area contributed by atoms with Crippen molar-refractivity contribution in [1.29, 1.82) is 0 Å². The van der Waals surface area contributed by atoms with Crippen LogP contribution in [0, 0.1) is 5.92 Å². The molecule has 8 heteroatoms. The van der Waals surface area contributed by atoms with E-state index in [1.54, 1.807) is 6.21 Å². The van der Waals surface area contributed by atoms with Crippen molar-refractivity contribution in [3.63, 3.8) is 0 Å². The first kappa shape index (κ1) is 32.2. The van der Waals surface area contributed by atoms with Crippen molar-refractivity contribution in [3.8, 4) is 5.75 Å². The molecule has 0 aliphatic carbocycles. The van der Waals surface area contributed by atoms with Crippen molar-refractivity contribution in [2.45, 2.75) is 130 Å². The molecule has 38 heavy (non-hydrogen) atoms. The van der Waals surface area contributed by atoms with Crippen LogP contribution in [0.2, 0.25) is 0 Å². The largest absolute Gasteiger partial charge is 0.449 e. The SMILES string of the molecule is CCCCCCCCCc1ccc(OC(O)(CC)NC(C)NC(C)NC(C)C2CNC(=O)C(C)C=N2)cc1. The number of carbonyl (C=O) groups excluding carboxylic acids is 1. The third kappa shape index (κ3) is 11.8. The van der Waals surface area contributed by atoms with Crippen molar-refractivity contribution in [2.75, 3.05) is 6.54 Å². The van der Waals surface area contributed by atoms with Crippen LogP contribution in [0.5, 0.6) is 5.75 Å². The monoisotopic (exact) mass is 531 g/mol. The minimum Gasteiger partial charge on any atom is -0.449 e. The maximum atomic E-state index is 11.9. The highest BCUT2D eigenvalue weighted by atomic mass is 16.6. The number of hydrogen-bond acceptors (Lipinski definition) is 7. The number of nitrogens with zero attached hydrogens (tertiary/aromatic N) is 1. The van der Waals surface area contributed by atoms with E-state index in [0.29, 0.717) is 18.7 Å². The van der Waals surface area contributed by atoms with Gasteiger partial charge in [0.25, 0.3) is 5.91 Å². The average molecular weight is 532 g/mol. The molecule has 1 aliphatic rings. The van der Waals surface area contributed by atoms with E-state index < -0.39 is 5.91 Å². The lowest BCUT2D eigenvalue weighted by atomic mass is 10.0. The molecule has 8 nitrogen and oxygen atoms in total. The summed E-state index contributed by atoms with van der Waals surface area (Å²) in [7, 11) is 0. The Balaban J connectivity index is 1.77. The number of carbonyl (C=O) groups is 1. The number of amides is 1. The molecule has 2 rings (SSSR count). The van der Waals surface area contributed by atoms with Gasteiger partial charge >= 0.3 is 0 Å². The Labute approximate surface area is 230 Å². The van der Waals surface area contributed by atoms with E-state index in [4.69, 9.17) is 4.74 Å². The van der Waals surface area contributed by atoms with E-state index in [0.717, 1.165) is 6.42 Å². The zero-order valence-electron chi connectivity index (χ0n) is 24.6. The van der Waals surface area contributed by atoms with Crippen LogP contribution >= 0.6 is 0 Å². The van der Waals surface area contributed by atoms with Crippen LogP contribution in [-0.4, -0.2) is 54.1 Å². The minimum absolute atomic E-state index is 0.00843. The molecule has 0 saturated heterocycles. The molecule has 5 N–H and O–H groups in total. The van der Waals surface area contributed by atoms with E-state index in [1.807, 2.05) is 39.8 Å². The summed E-state index contributed by atoms with van der Waals surface area (Å²) in [5.74, 6) is -1.06. The Bertz CT molecular complexity index is 834. The van der Waals surface area contributed by atoms with Crippen molar-refractivity contribution < 1.29 is 14.6 Å². The van der Waals surface area contributed by atoms with Gasteiger partial charge < -0.3 is 15.2 Å². The van der Waals surface area contributed by atoms with Crippen LogP contribution in [0.15, 0.2) is 29.3 Å². The van der Waals surface area contributed by atoms with Gasteiger partial charge in [0, 0.05) is 25.2 Å². The second-order valence-corrected chi connectivity index (χ2v) is 10.9. The fourth-order valence-electron chi connectivity index (χ4n) is 4.75. The number of ether oxygens (including phenoxy) is 1. The Kier molecular flexibility index (Phi) is 14.3. The maximum Gasteiger partial charge on any atom is 0.268 e. The number of nitrogens with one attached hydrogen (secondary N) is 4. The first-order valence-electron chi connectivity index (χ1n) is 14.8. The highest BCUT2D eigenvalue weighted by molar-refractivity contribution is 5.93. The topological polar surface area (TPSA) is 107 Å². The molecule has 0 radical (unpaired) electrons. The summed E-state index contributed by atoms with van der Waals surface area (Å²) in [4.78, 5) is 16.4. The summed E-state index contributed by atoms with van der Waals surface area (Å²) >= 11 is 0. The zero-order valence-corrected chi connectivity index (χ0v) is 24.6. The number of hydrogen-bond donors (Lipinski definition) is 5. The molecule has 0 bridgehead atoms. The Morgan fingerprint density at radius 3 is 2.34 bits per heavy atom. The van der Waals surface area contributed by atoms with Crippen molar-refractivity contribution in [3.05, 3.63) is 29.8 Å². The van der Waals surface area contributed by atoms with Crippen molar-refractivity contribution >= 4 is 12.1 Å². The summed E-state index contributed by atoms with van der Waals surface area (Å²) in [6.45, 7) is 12.5. The number of aliphatic hydroxyl groups is 1. The molecule has 0 spiro atoms. The molecule has 1 aromatic carbocycles. The molecule has 6 atom stereocenters. The van der Waals surface area contributed by atoms with Gasteiger partial charge in [-0.1, -0.05) is 64.5 Å². The number of unbranched alkanes of at least 4 members (excludes halogenated alkanes) is 6. The predicted molar refractivity (Wildman–Crippen MR) is 156 cm³/mol. The Morgan fingerprint density at radius 2 is 1.68 bits per heavy atom. The van der Waals surface area contributed by atoms with Crippen LogP contribution < -0.4 is 26.0 Å². The molecule has 0 fully saturated rings. The van der Waals surface area contributed by atoms with Gasteiger partial charge in [-0.3, -0.25) is 20.4 Å². The lowest BCUT2D eigenvalue weighted by Crippen LogP contribution is -2.61. The lowest BCUT2D eigenvalue weighted by molar-refractivity contribution is -0.172. The van der Waals surface area contributed by atoms with Gasteiger partial charge in [-0.2, -0.15) is 0 Å². The molecule has 1 aliphatic heterocycles. The normalized spacial score (nSPS) is 21.7. The third-order valence-corrected chi connectivity index (χ3v) is 7.19. The van der Waals surface area contributed by atoms with Gasteiger partial charge in [0.15, 0.2) is 0 Å². The number of aliphatic imine (C=N–C) groups is 1. The van der Waals surface area contributed by atoms with Crippen LogP contribution in [0.4, 0.5) is 0 Å². The van der Waals surface area contributed by atoms with Crippen LogP contribution in [-0.2, 0) is 11.2 Å². The fourth-order valence-corrected chi connectivity index (χ4v) is 4.75. The summed E-state index contributed by atoms with van der Waals surface area (Å²) in [5, 5.41) is 24.1. The van der Waals surface area contributed by atoms with Crippen molar-refractivity contribution in [1.82, 2.24) is 21.3 Å². The fraction of sp³-hybridized carbons (Fsp3) is 0.733. The van der Waals surface area contributed by atoms with Crippen LogP contribution in [0.3, 0.4) is 0 Å². The highest BCUT2D eigenvalue weighted by Crippen LogP contribution is 2.20. The summed E-state index contributed by atoms with van der Waals surface area (Å²) < 4.78 is 5.97. The quantitative estimate of drug-likeness (QED) is 0.141. The summed E-state index contributed by atoms with van der Waals surface area (Å²) in [6.07, 6.45) is 12.0. The Hall–Kier alpha value is -2.00. The standard InChI is InChI=1S/C30H53N5O3/c1-7-9-10-11-12-13-14-15-26-16-18-27(19-17-26)38-30(37,8-2)35-25(6)34-24(5)33-23(4)28-21-32-29(36)22(3)20-31-28/h16-20,22-25,28,33-35,37H,7-15,21H2,1-6H3,(H,32,36). The summed E-state index contributed by atoms with van der Waals surface area (Å²) in [6, 6.07) is 8.08. The molecule has 1 aromatic rings. The lowest BCUT2D eigenvalue weighted by Gasteiger charge is -2.34. The van der Waals surface area contributed by atoms with E-state index in [1.165, 1.54) is 50.5 Å². The first-order chi connectivity index (χ1) is 18.2. The van der Waals surface area contributed by atoms with Gasteiger partial charge in [-0.05, 0) is 58.2 Å².